The van der Waals surface area contributed by atoms with Gasteiger partial charge in [0.2, 0.25) is 5.88 Å². The van der Waals surface area contributed by atoms with E-state index in [0.29, 0.717) is 24.1 Å². The van der Waals surface area contributed by atoms with Gasteiger partial charge in [0.25, 0.3) is 5.91 Å². The van der Waals surface area contributed by atoms with E-state index in [0.717, 1.165) is 24.3 Å². The fourth-order valence-corrected chi connectivity index (χ4v) is 2.98. The molecule has 0 aliphatic carbocycles. The van der Waals surface area contributed by atoms with Gasteiger partial charge in [-0.3, -0.25) is 4.79 Å². The number of nitrogens with zero attached hydrogens (tertiary/aromatic N) is 3. The number of hydrogen-bond donors (Lipinski definition) is 0. The molecule has 7 heteroatoms. The van der Waals surface area contributed by atoms with E-state index in [2.05, 4.69) is 10.1 Å². The molecule has 0 spiro atoms. The minimum Gasteiger partial charge on any atom is -0.478 e. The van der Waals surface area contributed by atoms with Crippen LogP contribution in [0.25, 0.3) is 0 Å². The van der Waals surface area contributed by atoms with Gasteiger partial charge in [-0.2, -0.15) is 0 Å². The SMILES string of the molecule is CCOc1ccc(Cl)c(C(=O)N2CCC[C@H]2c2cc(C)on2)n1. The molecule has 2 aromatic heterocycles. The van der Waals surface area contributed by atoms with Crippen molar-refractivity contribution in [3.63, 3.8) is 0 Å². The van der Waals surface area contributed by atoms with Crippen molar-refractivity contribution in [1.29, 1.82) is 0 Å². The van der Waals surface area contributed by atoms with Crippen LogP contribution in [0, 0.1) is 6.92 Å². The van der Waals surface area contributed by atoms with Crippen LogP contribution in [0.15, 0.2) is 22.7 Å². The number of carbonyl (C=O) groups is 1. The van der Waals surface area contributed by atoms with Crippen molar-refractivity contribution >= 4 is 17.5 Å². The number of carbonyl (C=O) groups excluding carboxylic acids is 1. The van der Waals surface area contributed by atoms with Gasteiger partial charge in [-0.25, -0.2) is 4.98 Å². The van der Waals surface area contributed by atoms with Crippen molar-refractivity contribution < 1.29 is 14.1 Å². The number of aryl methyl sites for hydroxylation is 1. The molecule has 0 N–H and O–H groups in total. The van der Waals surface area contributed by atoms with Gasteiger partial charge in [-0.1, -0.05) is 16.8 Å². The molecule has 0 unspecified atom stereocenters. The first kappa shape index (κ1) is 15.8. The predicted molar refractivity (Wildman–Crippen MR) is 84.7 cm³/mol. The van der Waals surface area contributed by atoms with Crippen LogP contribution in [-0.2, 0) is 0 Å². The summed E-state index contributed by atoms with van der Waals surface area (Å²) in [5.74, 6) is 0.918. The summed E-state index contributed by atoms with van der Waals surface area (Å²) in [7, 11) is 0. The van der Waals surface area contributed by atoms with Crippen LogP contribution in [-0.4, -0.2) is 34.1 Å². The van der Waals surface area contributed by atoms with Crippen LogP contribution in [0.4, 0.5) is 0 Å². The van der Waals surface area contributed by atoms with Crippen LogP contribution in [0.3, 0.4) is 0 Å². The summed E-state index contributed by atoms with van der Waals surface area (Å²) in [5.41, 5.74) is 0.982. The Kier molecular flexibility index (Phi) is 4.52. The Bertz CT molecular complexity index is 716. The minimum atomic E-state index is -0.209. The first-order valence-electron chi connectivity index (χ1n) is 7.63. The Labute approximate surface area is 139 Å². The summed E-state index contributed by atoms with van der Waals surface area (Å²) in [4.78, 5) is 18.9. The molecule has 2 aromatic rings. The third-order valence-corrected chi connectivity index (χ3v) is 4.12. The topological polar surface area (TPSA) is 68.5 Å². The highest BCUT2D eigenvalue weighted by Crippen LogP contribution is 2.33. The van der Waals surface area contributed by atoms with Crippen molar-refractivity contribution in [3.05, 3.63) is 40.4 Å². The molecule has 0 aromatic carbocycles. The second-order valence-electron chi connectivity index (χ2n) is 5.43. The normalized spacial score (nSPS) is 17.5. The second-order valence-corrected chi connectivity index (χ2v) is 5.84. The van der Waals surface area contributed by atoms with Crippen LogP contribution in [0.1, 0.15) is 47.7 Å². The number of ether oxygens (including phenoxy) is 1. The quantitative estimate of drug-likeness (QED) is 0.856. The van der Waals surface area contributed by atoms with Crippen molar-refractivity contribution in [1.82, 2.24) is 15.0 Å². The number of rotatable bonds is 4. The van der Waals surface area contributed by atoms with Crippen LogP contribution >= 0.6 is 11.6 Å². The van der Waals surface area contributed by atoms with Gasteiger partial charge in [0, 0.05) is 18.7 Å². The number of likely N-dealkylation sites (tertiary alicyclic amines) is 1. The van der Waals surface area contributed by atoms with E-state index in [-0.39, 0.29) is 17.6 Å². The smallest absolute Gasteiger partial charge is 0.274 e. The van der Waals surface area contributed by atoms with Crippen LogP contribution in [0.2, 0.25) is 5.02 Å². The van der Waals surface area contributed by atoms with E-state index in [1.54, 1.807) is 17.0 Å². The van der Waals surface area contributed by atoms with Gasteiger partial charge in [-0.05, 0) is 32.8 Å². The van der Waals surface area contributed by atoms with Crippen molar-refractivity contribution in [3.8, 4) is 5.88 Å². The first-order chi connectivity index (χ1) is 11.1. The third kappa shape index (κ3) is 3.17. The molecule has 0 bridgehead atoms. The van der Waals surface area contributed by atoms with E-state index in [1.807, 2.05) is 19.9 Å². The number of pyridine rings is 1. The third-order valence-electron chi connectivity index (χ3n) is 3.82. The van der Waals surface area contributed by atoms with Gasteiger partial charge >= 0.3 is 0 Å². The lowest BCUT2D eigenvalue weighted by atomic mass is 10.1. The van der Waals surface area contributed by atoms with E-state index < -0.39 is 0 Å². The molecule has 1 fully saturated rings. The highest BCUT2D eigenvalue weighted by Gasteiger charge is 2.34. The maximum absolute atomic E-state index is 12.9. The Balaban J connectivity index is 1.88. The zero-order valence-electron chi connectivity index (χ0n) is 13.1. The van der Waals surface area contributed by atoms with Gasteiger partial charge in [-0.15, -0.1) is 0 Å². The minimum absolute atomic E-state index is 0.103. The fraction of sp³-hybridized carbons (Fsp3) is 0.438. The molecule has 0 saturated carbocycles. The van der Waals surface area contributed by atoms with Crippen LogP contribution < -0.4 is 4.74 Å². The monoisotopic (exact) mass is 335 g/mol. The molecule has 122 valence electrons. The lowest BCUT2D eigenvalue weighted by Gasteiger charge is -2.23. The molecular weight excluding hydrogens is 318 g/mol. The van der Waals surface area contributed by atoms with Gasteiger partial charge in [0.15, 0.2) is 5.69 Å². The van der Waals surface area contributed by atoms with Crippen LogP contribution in [0.5, 0.6) is 5.88 Å². The molecule has 1 amide bonds. The van der Waals surface area contributed by atoms with E-state index in [9.17, 15) is 4.79 Å². The second kappa shape index (κ2) is 6.58. The maximum Gasteiger partial charge on any atom is 0.274 e. The molecule has 1 saturated heterocycles. The highest BCUT2D eigenvalue weighted by molar-refractivity contribution is 6.33. The van der Waals surface area contributed by atoms with Gasteiger partial charge in [0.05, 0.1) is 17.7 Å². The molecule has 0 radical (unpaired) electrons. The summed E-state index contributed by atoms with van der Waals surface area (Å²) in [5, 5.41) is 4.37. The molecule has 23 heavy (non-hydrogen) atoms. The first-order valence-corrected chi connectivity index (χ1v) is 8.01. The van der Waals surface area contributed by atoms with E-state index in [4.69, 9.17) is 20.9 Å². The Hall–Kier alpha value is -2.08. The van der Waals surface area contributed by atoms with Gasteiger partial charge in [0.1, 0.15) is 11.5 Å². The molecule has 1 aliphatic rings. The number of amides is 1. The number of halogens is 1. The summed E-state index contributed by atoms with van der Waals surface area (Å²) in [6.45, 7) is 4.82. The molecule has 1 atom stereocenters. The largest absolute Gasteiger partial charge is 0.478 e. The van der Waals surface area contributed by atoms with E-state index in [1.165, 1.54) is 0 Å². The molecule has 3 heterocycles. The number of aromatic nitrogens is 2. The van der Waals surface area contributed by atoms with Crippen molar-refractivity contribution in [2.24, 2.45) is 0 Å². The van der Waals surface area contributed by atoms with Gasteiger partial charge < -0.3 is 14.2 Å². The summed E-state index contributed by atoms with van der Waals surface area (Å²) in [6.07, 6.45) is 1.76. The molecule has 6 nitrogen and oxygen atoms in total. The number of hydrogen-bond acceptors (Lipinski definition) is 5. The molecule has 1 aliphatic heterocycles. The molecular formula is C16H18ClN3O3. The summed E-state index contributed by atoms with van der Waals surface area (Å²) >= 11 is 6.17. The van der Waals surface area contributed by atoms with Crippen molar-refractivity contribution in [2.45, 2.75) is 32.7 Å². The Morgan fingerprint density at radius 2 is 2.35 bits per heavy atom. The predicted octanol–water partition coefficient (Wildman–Crippen LogP) is 3.41. The Morgan fingerprint density at radius 3 is 3.04 bits per heavy atom. The Morgan fingerprint density at radius 1 is 1.52 bits per heavy atom. The summed E-state index contributed by atoms with van der Waals surface area (Å²) in [6, 6.07) is 5.05. The average Bonchev–Trinajstić information content (AvgIpc) is 3.17. The summed E-state index contributed by atoms with van der Waals surface area (Å²) < 4.78 is 10.5. The maximum atomic E-state index is 12.9. The highest BCUT2D eigenvalue weighted by atomic mass is 35.5. The van der Waals surface area contributed by atoms with E-state index >= 15 is 0 Å². The lowest BCUT2D eigenvalue weighted by molar-refractivity contribution is 0.0724. The standard InChI is InChI=1S/C16H18ClN3O3/c1-3-22-14-7-6-11(17)15(18-14)16(21)20-8-4-5-13(20)12-9-10(2)23-19-12/h6-7,9,13H,3-5,8H2,1-2H3/t13-/m0/s1. The fourth-order valence-electron chi connectivity index (χ4n) is 2.80. The zero-order chi connectivity index (χ0) is 16.4. The molecule has 3 rings (SSSR count). The zero-order valence-corrected chi connectivity index (χ0v) is 13.8. The van der Waals surface area contributed by atoms with Crippen molar-refractivity contribution in [2.75, 3.05) is 13.2 Å². The lowest BCUT2D eigenvalue weighted by Crippen LogP contribution is -2.31. The average molecular weight is 336 g/mol.